The van der Waals surface area contributed by atoms with Crippen LogP contribution in [0.15, 0.2) is 6.20 Å². The monoisotopic (exact) mass is 365 g/mol. The first kappa shape index (κ1) is 21.0. The van der Waals surface area contributed by atoms with Gasteiger partial charge in [-0.05, 0) is 12.8 Å². The van der Waals surface area contributed by atoms with E-state index in [0.29, 0.717) is 12.2 Å². The van der Waals surface area contributed by atoms with E-state index in [-0.39, 0.29) is 5.92 Å². The lowest BCUT2D eigenvalue weighted by molar-refractivity contribution is -0.122. The van der Waals surface area contributed by atoms with Crippen molar-refractivity contribution in [1.29, 1.82) is 0 Å². The highest BCUT2D eigenvalue weighted by Gasteiger charge is 2.17. The van der Waals surface area contributed by atoms with E-state index in [1.807, 2.05) is 18.5 Å². The zero-order valence-electron chi connectivity index (χ0n) is 16.7. The fraction of sp³-hybridized carbons (Fsp3) is 0.842. The molecule has 1 aliphatic rings. The van der Waals surface area contributed by atoms with E-state index >= 15 is 0 Å². The van der Waals surface area contributed by atoms with E-state index in [4.69, 9.17) is 4.74 Å². The van der Waals surface area contributed by atoms with Crippen molar-refractivity contribution in [3.05, 3.63) is 11.9 Å². The predicted octanol–water partition coefficient (Wildman–Crippen LogP) is 1.83. The van der Waals surface area contributed by atoms with Gasteiger partial charge in [0, 0.05) is 71.5 Å². The summed E-state index contributed by atoms with van der Waals surface area (Å²) in [6, 6.07) is 0. The molecule has 148 valence electrons. The number of piperazine rings is 1. The fourth-order valence-corrected chi connectivity index (χ4v) is 3.18. The number of unbranched alkanes of at least 4 members (excludes halogenated alkanes) is 2. The van der Waals surface area contributed by atoms with Crippen molar-refractivity contribution in [2.24, 2.45) is 5.92 Å². The van der Waals surface area contributed by atoms with E-state index in [9.17, 15) is 4.79 Å². The highest BCUT2D eigenvalue weighted by Crippen LogP contribution is 2.09. The minimum atomic E-state index is 0.162. The van der Waals surface area contributed by atoms with Crippen molar-refractivity contribution in [1.82, 2.24) is 24.8 Å². The van der Waals surface area contributed by atoms with Gasteiger partial charge in [-0.2, -0.15) is 0 Å². The first-order chi connectivity index (χ1) is 12.6. The van der Waals surface area contributed by atoms with Crippen LogP contribution < -0.4 is 0 Å². The summed E-state index contributed by atoms with van der Waals surface area (Å²) in [6.45, 7) is 11.8. The molecule has 1 aromatic rings. The first-order valence-corrected chi connectivity index (χ1v) is 9.94. The molecule has 7 nitrogen and oxygen atoms in total. The Balaban J connectivity index is 1.60. The molecule has 2 rings (SSSR count). The van der Waals surface area contributed by atoms with Crippen molar-refractivity contribution in [3.8, 4) is 0 Å². The standard InChI is InChI=1S/C19H35N5O2/c1-17(2)19(25)7-5-4-6-8-24-16-18(20-21-24)15-23-11-9-22(10-12-23)13-14-26-3/h16-17H,4-15H2,1-3H3. The lowest BCUT2D eigenvalue weighted by Gasteiger charge is -2.34. The Morgan fingerprint density at radius 1 is 1.12 bits per heavy atom. The highest BCUT2D eigenvalue weighted by atomic mass is 16.5. The van der Waals surface area contributed by atoms with Crippen LogP contribution in [0.25, 0.3) is 0 Å². The Kier molecular flexibility index (Phi) is 9.22. The Labute approximate surface area is 157 Å². The van der Waals surface area contributed by atoms with Gasteiger partial charge in [-0.15, -0.1) is 5.10 Å². The number of ketones is 1. The smallest absolute Gasteiger partial charge is 0.135 e. The SMILES string of the molecule is COCCN1CCN(Cc2cn(CCCCCC(=O)C(C)C)nn2)CC1. The van der Waals surface area contributed by atoms with Crippen LogP contribution in [0.3, 0.4) is 0 Å². The second-order valence-electron chi connectivity index (χ2n) is 7.52. The molecule has 1 aromatic heterocycles. The first-order valence-electron chi connectivity index (χ1n) is 9.94. The van der Waals surface area contributed by atoms with Gasteiger partial charge in [0.15, 0.2) is 0 Å². The normalized spacial score (nSPS) is 16.5. The third kappa shape index (κ3) is 7.51. The molecule has 1 saturated heterocycles. The molecule has 0 aliphatic carbocycles. The van der Waals surface area contributed by atoms with Crippen molar-refractivity contribution in [3.63, 3.8) is 0 Å². The maximum atomic E-state index is 11.6. The molecule has 0 bridgehead atoms. The number of hydrogen-bond donors (Lipinski definition) is 0. The number of hydrogen-bond acceptors (Lipinski definition) is 6. The van der Waals surface area contributed by atoms with Crippen LogP contribution in [0.1, 0.15) is 45.2 Å². The van der Waals surface area contributed by atoms with Gasteiger partial charge in [-0.3, -0.25) is 19.3 Å². The zero-order chi connectivity index (χ0) is 18.8. The quantitative estimate of drug-likeness (QED) is 0.527. The Morgan fingerprint density at radius 3 is 2.54 bits per heavy atom. The highest BCUT2D eigenvalue weighted by molar-refractivity contribution is 5.80. The number of ether oxygens (including phenoxy) is 1. The zero-order valence-corrected chi connectivity index (χ0v) is 16.7. The topological polar surface area (TPSA) is 63.5 Å². The molecule has 0 spiro atoms. The van der Waals surface area contributed by atoms with Crippen LogP contribution in [0.5, 0.6) is 0 Å². The maximum Gasteiger partial charge on any atom is 0.135 e. The number of Topliss-reactive ketones (excluding diaryl/α,β-unsaturated/α-hetero) is 1. The van der Waals surface area contributed by atoms with Crippen LogP contribution in [-0.2, 0) is 22.6 Å². The average Bonchev–Trinajstić information content (AvgIpc) is 3.08. The second-order valence-corrected chi connectivity index (χ2v) is 7.52. The van der Waals surface area contributed by atoms with Crippen molar-refractivity contribution < 1.29 is 9.53 Å². The number of carbonyl (C=O) groups is 1. The third-order valence-corrected chi connectivity index (χ3v) is 5.00. The summed E-state index contributed by atoms with van der Waals surface area (Å²) in [5.74, 6) is 0.532. The lowest BCUT2D eigenvalue weighted by Crippen LogP contribution is -2.46. The predicted molar refractivity (Wildman–Crippen MR) is 102 cm³/mol. The van der Waals surface area contributed by atoms with Crippen LogP contribution >= 0.6 is 0 Å². The maximum absolute atomic E-state index is 11.6. The van der Waals surface area contributed by atoms with Crippen LogP contribution in [0.4, 0.5) is 0 Å². The third-order valence-electron chi connectivity index (χ3n) is 5.00. The molecule has 0 unspecified atom stereocenters. The van der Waals surface area contributed by atoms with E-state index in [0.717, 1.165) is 77.4 Å². The van der Waals surface area contributed by atoms with Crippen molar-refractivity contribution >= 4 is 5.78 Å². The summed E-state index contributed by atoms with van der Waals surface area (Å²) >= 11 is 0. The largest absolute Gasteiger partial charge is 0.383 e. The van der Waals surface area contributed by atoms with Gasteiger partial charge in [0.05, 0.1) is 12.3 Å². The lowest BCUT2D eigenvalue weighted by atomic mass is 10.0. The summed E-state index contributed by atoms with van der Waals surface area (Å²) < 4.78 is 7.09. The van der Waals surface area contributed by atoms with E-state index in [1.54, 1.807) is 7.11 Å². The molecule has 0 radical (unpaired) electrons. The van der Waals surface area contributed by atoms with E-state index < -0.39 is 0 Å². The van der Waals surface area contributed by atoms with Gasteiger partial charge < -0.3 is 4.74 Å². The summed E-state index contributed by atoms with van der Waals surface area (Å²) in [6.07, 6.45) is 5.86. The van der Waals surface area contributed by atoms with Gasteiger partial charge in [0.2, 0.25) is 0 Å². The van der Waals surface area contributed by atoms with Crippen LogP contribution in [0.2, 0.25) is 0 Å². The van der Waals surface area contributed by atoms with E-state index in [1.165, 1.54) is 0 Å². The molecule has 0 aromatic carbocycles. The Morgan fingerprint density at radius 2 is 1.85 bits per heavy atom. The number of nitrogens with zero attached hydrogens (tertiary/aromatic N) is 5. The molecule has 7 heteroatoms. The number of aryl methyl sites for hydroxylation is 1. The molecule has 26 heavy (non-hydrogen) atoms. The van der Waals surface area contributed by atoms with E-state index in [2.05, 4.69) is 26.3 Å². The van der Waals surface area contributed by atoms with Crippen LogP contribution in [0, 0.1) is 5.92 Å². The van der Waals surface area contributed by atoms with Gasteiger partial charge in [-0.25, -0.2) is 0 Å². The molecule has 2 heterocycles. The minimum Gasteiger partial charge on any atom is -0.383 e. The molecular weight excluding hydrogens is 330 g/mol. The second kappa shape index (κ2) is 11.4. The molecule has 0 N–H and O–H groups in total. The van der Waals surface area contributed by atoms with Gasteiger partial charge in [-0.1, -0.05) is 25.5 Å². The summed E-state index contributed by atoms with van der Waals surface area (Å²) in [7, 11) is 1.75. The molecule has 0 saturated carbocycles. The molecule has 0 atom stereocenters. The number of methoxy groups -OCH3 is 1. The molecule has 0 amide bonds. The van der Waals surface area contributed by atoms with Gasteiger partial charge in [0.1, 0.15) is 5.78 Å². The Bertz CT molecular complexity index is 524. The van der Waals surface area contributed by atoms with Gasteiger partial charge >= 0.3 is 0 Å². The molecule has 1 aliphatic heterocycles. The molecular formula is C19H35N5O2. The number of carbonyl (C=O) groups excluding carboxylic acids is 1. The minimum absolute atomic E-state index is 0.162. The molecule has 1 fully saturated rings. The Hall–Kier alpha value is -1.31. The number of aromatic nitrogens is 3. The summed E-state index contributed by atoms with van der Waals surface area (Å²) in [4.78, 5) is 16.5. The fourth-order valence-electron chi connectivity index (χ4n) is 3.18. The number of rotatable bonds is 12. The van der Waals surface area contributed by atoms with Crippen molar-refractivity contribution in [2.45, 2.75) is 52.6 Å². The van der Waals surface area contributed by atoms with Crippen molar-refractivity contribution in [2.75, 3.05) is 46.4 Å². The average molecular weight is 366 g/mol. The van der Waals surface area contributed by atoms with Crippen LogP contribution in [-0.4, -0.2) is 77.0 Å². The van der Waals surface area contributed by atoms with Gasteiger partial charge in [0.25, 0.3) is 0 Å². The summed E-state index contributed by atoms with van der Waals surface area (Å²) in [5.41, 5.74) is 1.05. The summed E-state index contributed by atoms with van der Waals surface area (Å²) in [5, 5.41) is 8.56.